The molecule has 6 heteroatoms. The van der Waals surface area contributed by atoms with E-state index >= 15 is 0 Å². The van der Waals surface area contributed by atoms with Crippen LogP contribution in [-0.2, 0) is 4.79 Å². The third-order valence-electron chi connectivity index (χ3n) is 2.04. The fourth-order valence-corrected chi connectivity index (χ4v) is 1.46. The van der Waals surface area contributed by atoms with E-state index in [0.29, 0.717) is 11.0 Å². The van der Waals surface area contributed by atoms with Gasteiger partial charge in [-0.2, -0.15) is 0 Å². The molecule has 0 unspecified atom stereocenters. The number of nitrogens with one attached hydrogen (secondary N) is 1. The minimum Gasteiger partial charge on any atom is -0.399 e. The first-order valence-electron chi connectivity index (χ1n) is 4.53. The van der Waals surface area contributed by atoms with Crippen LogP contribution in [0.2, 0.25) is 0 Å². The molecule has 0 saturated heterocycles. The SMILES string of the molecule is CC(=O)Nc1c([N+](=O)[O-])oc2ccccc12. The first-order chi connectivity index (χ1) is 7.59. The van der Waals surface area contributed by atoms with Crippen LogP contribution in [0.1, 0.15) is 6.92 Å². The largest absolute Gasteiger partial charge is 0.458 e. The lowest BCUT2D eigenvalue weighted by Crippen LogP contribution is -2.06. The van der Waals surface area contributed by atoms with Crippen LogP contribution < -0.4 is 5.32 Å². The van der Waals surface area contributed by atoms with Gasteiger partial charge >= 0.3 is 5.88 Å². The summed E-state index contributed by atoms with van der Waals surface area (Å²) in [5.41, 5.74) is 0.478. The van der Waals surface area contributed by atoms with Crippen molar-refractivity contribution in [3.05, 3.63) is 34.4 Å². The molecule has 82 valence electrons. The Morgan fingerprint density at radius 3 is 2.75 bits per heavy atom. The third kappa shape index (κ3) is 1.60. The Hall–Kier alpha value is -2.37. The molecule has 1 aromatic heterocycles. The summed E-state index contributed by atoms with van der Waals surface area (Å²) in [5, 5.41) is 13.7. The van der Waals surface area contributed by atoms with Gasteiger partial charge in [-0.15, -0.1) is 0 Å². The van der Waals surface area contributed by atoms with Crippen molar-refractivity contribution in [2.45, 2.75) is 6.92 Å². The molecule has 16 heavy (non-hydrogen) atoms. The van der Waals surface area contributed by atoms with Gasteiger partial charge in [-0.25, -0.2) is 0 Å². The fraction of sp³-hybridized carbons (Fsp3) is 0.100. The van der Waals surface area contributed by atoms with Gasteiger partial charge in [0.2, 0.25) is 5.91 Å². The molecule has 1 aromatic carbocycles. The molecule has 1 heterocycles. The van der Waals surface area contributed by atoms with Gasteiger partial charge in [-0.1, -0.05) is 12.1 Å². The molecule has 2 aromatic rings. The van der Waals surface area contributed by atoms with E-state index in [1.54, 1.807) is 24.3 Å². The molecule has 1 N–H and O–H groups in total. The number of nitrogens with zero attached hydrogens (tertiary/aromatic N) is 1. The molecule has 2 rings (SSSR count). The second-order valence-corrected chi connectivity index (χ2v) is 3.22. The number of amides is 1. The summed E-state index contributed by atoms with van der Waals surface area (Å²) in [6.45, 7) is 1.28. The number of rotatable bonds is 2. The number of para-hydroxylation sites is 1. The van der Waals surface area contributed by atoms with Gasteiger partial charge in [0.1, 0.15) is 10.5 Å². The molecule has 6 nitrogen and oxygen atoms in total. The molecule has 0 radical (unpaired) electrons. The molecular weight excluding hydrogens is 212 g/mol. The molecule has 0 aliphatic carbocycles. The van der Waals surface area contributed by atoms with Crippen LogP contribution in [0.25, 0.3) is 11.0 Å². The van der Waals surface area contributed by atoms with E-state index in [0.717, 1.165) is 0 Å². The predicted octanol–water partition coefficient (Wildman–Crippen LogP) is 2.30. The Balaban J connectivity index is 2.69. The van der Waals surface area contributed by atoms with E-state index in [1.807, 2.05) is 0 Å². The van der Waals surface area contributed by atoms with Crippen LogP contribution in [0.15, 0.2) is 28.7 Å². The van der Waals surface area contributed by atoms with Crippen molar-refractivity contribution in [2.75, 3.05) is 5.32 Å². The maximum atomic E-state index is 11.0. The summed E-state index contributed by atoms with van der Waals surface area (Å²) in [7, 11) is 0. The number of nitro groups is 1. The number of benzene rings is 1. The molecular formula is C10H8N2O4. The Bertz CT molecular complexity index is 573. The summed E-state index contributed by atoms with van der Waals surface area (Å²) >= 11 is 0. The zero-order valence-corrected chi connectivity index (χ0v) is 8.39. The van der Waals surface area contributed by atoms with Crippen LogP contribution in [0.5, 0.6) is 0 Å². The summed E-state index contributed by atoms with van der Waals surface area (Å²) in [6.07, 6.45) is 0. The number of hydrogen-bond acceptors (Lipinski definition) is 4. The standard InChI is InChI=1S/C10H8N2O4/c1-6(13)11-9-7-4-2-3-5-8(7)16-10(9)12(14)15/h2-5H,1H3,(H,11,13). The average molecular weight is 220 g/mol. The molecule has 0 saturated carbocycles. The summed E-state index contributed by atoms with van der Waals surface area (Å²) in [5.74, 6) is -0.828. The molecule has 0 aliphatic rings. The topological polar surface area (TPSA) is 85.4 Å². The molecule has 0 atom stereocenters. The molecule has 0 fully saturated rings. The molecule has 0 aliphatic heterocycles. The maximum Gasteiger partial charge on any atom is 0.458 e. The minimum absolute atomic E-state index is 0.105. The van der Waals surface area contributed by atoms with Crippen molar-refractivity contribution in [3.8, 4) is 0 Å². The van der Waals surface area contributed by atoms with Gasteiger partial charge in [0.15, 0.2) is 5.69 Å². The Morgan fingerprint density at radius 2 is 2.12 bits per heavy atom. The summed E-state index contributed by atoms with van der Waals surface area (Å²) in [6, 6.07) is 6.67. The van der Waals surface area contributed by atoms with E-state index in [9.17, 15) is 14.9 Å². The van der Waals surface area contributed by atoms with Gasteiger partial charge in [0.05, 0.1) is 5.39 Å². The third-order valence-corrected chi connectivity index (χ3v) is 2.04. The second-order valence-electron chi connectivity index (χ2n) is 3.22. The highest BCUT2D eigenvalue weighted by Crippen LogP contribution is 2.36. The first kappa shape index (κ1) is 10.2. The summed E-state index contributed by atoms with van der Waals surface area (Å²) < 4.78 is 5.05. The highest BCUT2D eigenvalue weighted by Gasteiger charge is 2.24. The quantitative estimate of drug-likeness (QED) is 0.621. The lowest BCUT2D eigenvalue weighted by atomic mass is 10.2. The normalized spacial score (nSPS) is 10.3. The smallest absolute Gasteiger partial charge is 0.399 e. The average Bonchev–Trinajstić information content (AvgIpc) is 2.57. The van der Waals surface area contributed by atoms with E-state index in [1.165, 1.54) is 6.92 Å². The lowest BCUT2D eigenvalue weighted by Gasteiger charge is -1.96. The number of carbonyl (C=O) groups excluding carboxylic acids is 1. The Kier molecular flexibility index (Phi) is 2.32. The highest BCUT2D eigenvalue weighted by atomic mass is 16.6. The van der Waals surface area contributed by atoms with Crippen LogP contribution in [0.4, 0.5) is 11.6 Å². The summed E-state index contributed by atoms with van der Waals surface area (Å²) in [4.78, 5) is 21.0. The van der Waals surface area contributed by atoms with Crippen molar-refractivity contribution in [2.24, 2.45) is 0 Å². The zero-order valence-electron chi connectivity index (χ0n) is 8.39. The van der Waals surface area contributed by atoms with Crippen molar-refractivity contribution in [1.29, 1.82) is 0 Å². The van der Waals surface area contributed by atoms with Crippen LogP contribution in [0.3, 0.4) is 0 Å². The number of anilines is 1. The fourth-order valence-electron chi connectivity index (χ4n) is 1.46. The number of hydrogen-bond donors (Lipinski definition) is 1. The van der Waals surface area contributed by atoms with Gasteiger partial charge < -0.3 is 9.73 Å². The number of carbonyl (C=O) groups is 1. The maximum absolute atomic E-state index is 11.0. The van der Waals surface area contributed by atoms with E-state index in [2.05, 4.69) is 5.32 Å². The number of fused-ring (bicyclic) bond motifs is 1. The molecule has 0 spiro atoms. The highest BCUT2D eigenvalue weighted by molar-refractivity contribution is 6.03. The van der Waals surface area contributed by atoms with Crippen molar-refractivity contribution >= 4 is 28.4 Å². The first-order valence-corrected chi connectivity index (χ1v) is 4.53. The van der Waals surface area contributed by atoms with Gasteiger partial charge in [0.25, 0.3) is 0 Å². The Morgan fingerprint density at radius 1 is 1.44 bits per heavy atom. The van der Waals surface area contributed by atoms with Gasteiger partial charge in [-0.3, -0.25) is 14.9 Å². The second kappa shape index (κ2) is 3.65. The van der Waals surface area contributed by atoms with Crippen molar-refractivity contribution in [3.63, 3.8) is 0 Å². The molecule has 1 amide bonds. The van der Waals surface area contributed by atoms with Crippen LogP contribution >= 0.6 is 0 Å². The predicted molar refractivity (Wildman–Crippen MR) is 57.2 cm³/mol. The van der Waals surface area contributed by atoms with E-state index in [4.69, 9.17) is 4.42 Å². The van der Waals surface area contributed by atoms with Gasteiger partial charge in [-0.05, 0) is 12.1 Å². The van der Waals surface area contributed by atoms with E-state index in [-0.39, 0.29) is 11.6 Å². The van der Waals surface area contributed by atoms with E-state index < -0.39 is 10.8 Å². The lowest BCUT2D eigenvalue weighted by molar-refractivity contribution is -0.400. The van der Waals surface area contributed by atoms with Gasteiger partial charge in [0, 0.05) is 6.92 Å². The molecule has 0 bridgehead atoms. The minimum atomic E-state index is -0.661. The zero-order chi connectivity index (χ0) is 11.7. The van der Waals surface area contributed by atoms with Crippen LogP contribution in [-0.4, -0.2) is 10.8 Å². The van der Waals surface area contributed by atoms with Crippen molar-refractivity contribution < 1.29 is 14.1 Å². The number of furan rings is 1. The van der Waals surface area contributed by atoms with Crippen molar-refractivity contribution in [1.82, 2.24) is 0 Å². The van der Waals surface area contributed by atoms with Crippen LogP contribution in [0, 0.1) is 10.1 Å². The monoisotopic (exact) mass is 220 g/mol. The Labute approximate surface area is 90.0 Å².